The lowest BCUT2D eigenvalue weighted by Crippen LogP contribution is -2.30. The van der Waals surface area contributed by atoms with Crippen molar-refractivity contribution < 1.29 is 8.42 Å². The zero-order valence-corrected chi connectivity index (χ0v) is 11.8. The van der Waals surface area contributed by atoms with Crippen LogP contribution in [-0.4, -0.2) is 27.0 Å². The quantitative estimate of drug-likeness (QED) is 0.724. The Morgan fingerprint density at radius 1 is 1.17 bits per heavy atom. The molecule has 0 saturated carbocycles. The highest BCUT2D eigenvalue weighted by molar-refractivity contribution is 7.89. The average Bonchev–Trinajstić information content (AvgIpc) is 2.25. The molecule has 1 aromatic rings. The topological polar surface area (TPSA) is 84.2 Å². The fraction of sp³-hybridized carbons (Fsp3) is 0.500. The van der Waals surface area contributed by atoms with Crippen LogP contribution >= 0.6 is 0 Å². The molecule has 0 saturated heterocycles. The summed E-state index contributed by atoms with van der Waals surface area (Å²) in [5.41, 5.74) is 6.48. The largest absolute Gasteiger partial charge is 0.383 e. The van der Waals surface area contributed by atoms with Gasteiger partial charge in [0, 0.05) is 24.3 Å². The molecule has 0 bridgehead atoms. The monoisotopic (exact) mass is 271 g/mol. The third-order valence-electron chi connectivity index (χ3n) is 2.18. The van der Waals surface area contributed by atoms with Crippen molar-refractivity contribution in [2.45, 2.75) is 37.8 Å². The molecule has 6 heteroatoms. The van der Waals surface area contributed by atoms with E-state index in [9.17, 15) is 8.42 Å². The Morgan fingerprint density at radius 2 is 1.72 bits per heavy atom. The van der Waals surface area contributed by atoms with Crippen molar-refractivity contribution in [2.75, 3.05) is 11.9 Å². The summed E-state index contributed by atoms with van der Waals surface area (Å²) in [4.78, 5) is 0.266. The summed E-state index contributed by atoms with van der Waals surface area (Å²) in [5, 5.41) is 3.12. The molecule has 18 heavy (non-hydrogen) atoms. The Labute approximate surface area is 109 Å². The van der Waals surface area contributed by atoms with Gasteiger partial charge >= 0.3 is 0 Å². The lowest BCUT2D eigenvalue weighted by molar-refractivity contribution is 0.570. The third-order valence-corrected chi connectivity index (χ3v) is 3.86. The highest BCUT2D eigenvalue weighted by Gasteiger charge is 2.14. The summed E-state index contributed by atoms with van der Waals surface area (Å²) in [6.07, 6.45) is 0. The number of rotatable bonds is 6. The van der Waals surface area contributed by atoms with E-state index in [0.29, 0.717) is 6.54 Å². The first-order valence-corrected chi connectivity index (χ1v) is 7.41. The van der Waals surface area contributed by atoms with Crippen LogP contribution in [-0.2, 0) is 10.0 Å². The van der Waals surface area contributed by atoms with Crippen LogP contribution in [0.15, 0.2) is 29.2 Å². The van der Waals surface area contributed by atoms with Crippen LogP contribution in [0.5, 0.6) is 0 Å². The third kappa shape index (κ3) is 4.64. The minimum absolute atomic E-state index is 0.0519. The van der Waals surface area contributed by atoms with E-state index < -0.39 is 10.0 Å². The predicted octanol–water partition coefficient (Wildman–Crippen LogP) is 1.13. The van der Waals surface area contributed by atoms with Crippen LogP contribution < -0.4 is 15.8 Å². The molecule has 0 heterocycles. The minimum Gasteiger partial charge on any atom is -0.383 e. The van der Waals surface area contributed by atoms with E-state index in [2.05, 4.69) is 10.0 Å². The van der Waals surface area contributed by atoms with Crippen LogP contribution in [0.4, 0.5) is 5.69 Å². The molecule has 0 aromatic heterocycles. The van der Waals surface area contributed by atoms with Gasteiger partial charge < -0.3 is 11.1 Å². The van der Waals surface area contributed by atoms with Crippen LogP contribution in [0.1, 0.15) is 20.8 Å². The molecule has 0 aliphatic carbocycles. The standard InChI is InChI=1S/C12H21N3O2S/c1-9(2)15-18(16,17)12-6-4-11(5-7-12)14-8-10(3)13/h4-7,9-10,14-15H,8,13H2,1-3H3. The van der Waals surface area contributed by atoms with E-state index in [1.807, 2.05) is 6.92 Å². The summed E-state index contributed by atoms with van der Waals surface area (Å²) in [6.45, 7) is 6.13. The molecule has 102 valence electrons. The Morgan fingerprint density at radius 3 is 2.17 bits per heavy atom. The lowest BCUT2D eigenvalue weighted by atomic mass is 10.3. The SMILES string of the molecule is CC(N)CNc1ccc(S(=O)(=O)NC(C)C)cc1. The first-order valence-electron chi connectivity index (χ1n) is 5.93. The fourth-order valence-corrected chi connectivity index (χ4v) is 2.66. The van der Waals surface area contributed by atoms with E-state index >= 15 is 0 Å². The van der Waals surface area contributed by atoms with Crippen LogP contribution in [0.3, 0.4) is 0 Å². The van der Waals surface area contributed by atoms with Gasteiger partial charge in [-0.25, -0.2) is 13.1 Å². The number of hydrogen-bond acceptors (Lipinski definition) is 4. The Balaban J connectivity index is 2.76. The minimum atomic E-state index is -3.41. The van der Waals surface area contributed by atoms with Crippen LogP contribution in [0.2, 0.25) is 0 Å². The first-order chi connectivity index (χ1) is 8.31. The molecule has 5 nitrogen and oxygen atoms in total. The number of hydrogen-bond donors (Lipinski definition) is 3. The van der Waals surface area contributed by atoms with Crippen molar-refractivity contribution in [1.29, 1.82) is 0 Å². The summed E-state index contributed by atoms with van der Waals surface area (Å²) in [5.74, 6) is 0. The molecule has 1 atom stereocenters. The van der Waals surface area contributed by atoms with Crippen molar-refractivity contribution in [3.8, 4) is 0 Å². The second-order valence-electron chi connectivity index (χ2n) is 4.66. The maximum absolute atomic E-state index is 11.9. The van der Waals surface area contributed by atoms with Crippen LogP contribution in [0, 0.1) is 0 Å². The number of nitrogens with one attached hydrogen (secondary N) is 2. The van der Waals surface area contributed by atoms with E-state index in [1.165, 1.54) is 0 Å². The highest BCUT2D eigenvalue weighted by Crippen LogP contribution is 2.14. The lowest BCUT2D eigenvalue weighted by Gasteiger charge is -2.11. The van der Waals surface area contributed by atoms with Gasteiger partial charge in [0.25, 0.3) is 0 Å². The second-order valence-corrected chi connectivity index (χ2v) is 6.37. The van der Waals surface area contributed by atoms with Gasteiger partial charge in [-0.15, -0.1) is 0 Å². The van der Waals surface area contributed by atoms with Crippen molar-refractivity contribution >= 4 is 15.7 Å². The Hall–Kier alpha value is -1.11. The number of benzene rings is 1. The van der Waals surface area contributed by atoms with E-state index in [1.54, 1.807) is 38.1 Å². The van der Waals surface area contributed by atoms with Gasteiger partial charge in [-0.3, -0.25) is 0 Å². The highest BCUT2D eigenvalue weighted by atomic mass is 32.2. The average molecular weight is 271 g/mol. The summed E-state index contributed by atoms with van der Waals surface area (Å²) in [7, 11) is -3.41. The summed E-state index contributed by atoms with van der Waals surface area (Å²) >= 11 is 0. The molecule has 0 radical (unpaired) electrons. The zero-order valence-electron chi connectivity index (χ0n) is 11.0. The molecule has 0 aliphatic rings. The molecule has 0 spiro atoms. The van der Waals surface area contributed by atoms with Gasteiger partial charge in [0.15, 0.2) is 0 Å². The molecule has 1 rings (SSSR count). The van der Waals surface area contributed by atoms with Crippen LogP contribution in [0.25, 0.3) is 0 Å². The van der Waals surface area contributed by atoms with Gasteiger partial charge in [-0.05, 0) is 45.0 Å². The molecular weight excluding hydrogens is 250 g/mol. The van der Waals surface area contributed by atoms with Crippen molar-refractivity contribution in [3.63, 3.8) is 0 Å². The summed E-state index contributed by atoms with van der Waals surface area (Å²) in [6, 6.07) is 6.55. The van der Waals surface area contributed by atoms with Gasteiger partial charge in [-0.2, -0.15) is 0 Å². The molecule has 0 fully saturated rings. The molecule has 1 aromatic carbocycles. The number of anilines is 1. The fourth-order valence-electron chi connectivity index (χ4n) is 1.41. The summed E-state index contributed by atoms with van der Waals surface area (Å²) < 4.78 is 26.3. The van der Waals surface area contributed by atoms with Gasteiger partial charge in [0.2, 0.25) is 10.0 Å². The van der Waals surface area contributed by atoms with Gasteiger partial charge in [-0.1, -0.05) is 0 Å². The van der Waals surface area contributed by atoms with Crippen molar-refractivity contribution in [1.82, 2.24) is 4.72 Å². The number of sulfonamides is 1. The second kappa shape index (κ2) is 6.17. The molecule has 0 amide bonds. The predicted molar refractivity (Wildman–Crippen MR) is 74.0 cm³/mol. The first kappa shape index (κ1) is 14.9. The van der Waals surface area contributed by atoms with Crippen molar-refractivity contribution in [2.24, 2.45) is 5.73 Å². The molecular formula is C12H21N3O2S. The number of nitrogens with two attached hydrogens (primary N) is 1. The van der Waals surface area contributed by atoms with E-state index in [0.717, 1.165) is 5.69 Å². The zero-order chi connectivity index (χ0) is 13.8. The normalized spacial score (nSPS) is 13.6. The van der Waals surface area contributed by atoms with Gasteiger partial charge in [0.05, 0.1) is 4.90 Å². The van der Waals surface area contributed by atoms with E-state index in [4.69, 9.17) is 5.73 Å². The van der Waals surface area contributed by atoms with Gasteiger partial charge in [0.1, 0.15) is 0 Å². The molecule has 4 N–H and O–H groups in total. The Kier molecular flexibility index (Phi) is 5.13. The molecule has 0 aliphatic heterocycles. The van der Waals surface area contributed by atoms with Crippen molar-refractivity contribution in [3.05, 3.63) is 24.3 Å². The maximum atomic E-state index is 11.9. The van der Waals surface area contributed by atoms with E-state index in [-0.39, 0.29) is 17.0 Å². The molecule has 1 unspecified atom stereocenters. The maximum Gasteiger partial charge on any atom is 0.240 e. The smallest absolute Gasteiger partial charge is 0.240 e. The Bertz CT molecular complexity index is 467.